The quantitative estimate of drug-likeness (QED) is 0.718. The molecule has 0 spiro atoms. The molecule has 1 saturated heterocycles. The first-order chi connectivity index (χ1) is 7.03. The molecule has 4 nitrogen and oxygen atoms in total. The van der Waals surface area contributed by atoms with Crippen molar-refractivity contribution < 1.29 is 13.5 Å². The van der Waals surface area contributed by atoms with Crippen molar-refractivity contribution in [3.8, 4) is 0 Å². The molecule has 1 N–H and O–H groups in total. The summed E-state index contributed by atoms with van der Waals surface area (Å²) >= 11 is 0. The van der Waals surface area contributed by atoms with Crippen LogP contribution in [0.1, 0.15) is 25.7 Å². The molecule has 1 rings (SSSR count). The van der Waals surface area contributed by atoms with E-state index in [2.05, 4.69) is 4.90 Å². The molecule has 0 bridgehead atoms. The van der Waals surface area contributed by atoms with Crippen molar-refractivity contribution in [3.63, 3.8) is 0 Å². The van der Waals surface area contributed by atoms with E-state index in [1.165, 1.54) is 6.26 Å². The van der Waals surface area contributed by atoms with E-state index in [-0.39, 0.29) is 12.4 Å². The Bertz CT molecular complexity index is 276. The van der Waals surface area contributed by atoms with Gasteiger partial charge in [-0.1, -0.05) is 0 Å². The maximum Gasteiger partial charge on any atom is 0.148 e. The number of nitrogens with zero attached hydrogens (tertiary/aromatic N) is 1. The summed E-state index contributed by atoms with van der Waals surface area (Å²) in [6.07, 6.45) is 5.38. The van der Waals surface area contributed by atoms with Crippen molar-refractivity contribution in [2.45, 2.75) is 31.7 Å². The molecule has 0 saturated carbocycles. The minimum Gasteiger partial charge on any atom is -0.396 e. The highest BCUT2D eigenvalue weighted by Crippen LogP contribution is 2.20. The average Bonchev–Trinajstić information content (AvgIpc) is 2.57. The highest BCUT2D eigenvalue weighted by Gasteiger charge is 2.24. The topological polar surface area (TPSA) is 57.6 Å². The SMILES string of the molecule is CS(=O)(=O)CCN1CCCC1CCCO. The molecular formula is C10H21NO3S. The van der Waals surface area contributed by atoms with Gasteiger partial charge in [-0.15, -0.1) is 0 Å². The minimum absolute atomic E-state index is 0.233. The second-order valence-corrected chi connectivity index (χ2v) is 6.59. The lowest BCUT2D eigenvalue weighted by Crippen LogP contribution is -2.33. The molecule has 1 heterocycles. The van der Waals surface area contributed by atoms with Crippen LogP contribution in [0.4, 0.5) is 0 Å². The first-order valence-electron chi connectivity index (χ1n) is 5.55. The fraction of sp³-hybridized carbons (Fsp3) is 1.00. The molecule has 1 unspecified atom stereocenters. The zero-order chi connectivity index (χ0) is 11.3. The lowest BCUT2D eigenvalue weighted by molar-refractivity contribution is 0.224. The largest absolute Gasteiger partial charge is 0.396 e. The lowest BCUT2D eigenvalue weighted by Gasteiger charge is -2.23. The molecule has 0 amide bonds. The van der Waals surface area contributed by atoms with E-state index in [1.54, 1.807) is 0 Å². The summed E-state index contributed by atoms with van der Waals surface area (Å²) in [7, 11) is -2.85. The Morgan fingerprint density at radius 3 is 2.80 bits per heavy atom. The normalized spacial score (nSPS) is 23.5. The van der Waals surface area contributed by atoms with Crippen LogP contribution in [0.2, 0.25) is 0 Å². The third kappa shape index (κ3) is 4.95. The number of hydrogen-bond donors (Lipinski definition) is 1. The molecule has 0 aliphatic carbocycles. The van der Waals surface area contributed by atoms with Crippen LogP contribution in [-0.4, -0.2) is 56.2 Å². The molecule has 0 aromatic carbocycles. The van der Waals surface area contributed by atoms with E-state index in [1.807, 2.05) is 0 Å². The van der Waals surface area contributed by atoms with Crippen molar-refractivity contribution in [2.75, 3.05) is 31.7 Å². The van der Waals surface area contributed by atoms with Crippen LogP contribution in [0.3, 0.4) is 0 Å². The van der Waals surface area contributed by atoms with Crippen LogP contribution >= 0.6 is 0 Å². The summed E-state index contributed by atoms with van der Waals surface area (Å²) in [4.78, 5) is 2.25. The monoisotopic (exact) mass is 235 g/mol. The molecule has 1 aliphatic rings. The van der Waals surface area contributed by atoms with Gasteiger partial charge in [-0.25, -0.2) is 8.42 Å². The Hall–Kier alpha value is -0.130. The number of aliphatic hydroxyl groups is 1. The van der Waals surface area contributed by atoms with Crippen molar-refractivity contribution in [1.29, 1.82) is 0 Å². The highest BCUT2D eigenvalue weighted by molar-refractivity contribution is 7.90. The van der Waals surface area contributed by atoms with Crippen molar-refractivity contribution in [2.24, 2.45) is 0 Å². The van der Waals surface area contributed by atoms with Gasteiger partial charge in [-0.2, -0.15) is 0 Å². The molecule has 1 atom stereocenters. The number of aliphatic hydroxyl groups excluding tert-OH is 1. The number of likely N-dealkylation sites (tertiary alicyclic amines) is 1. The number of sulfone groups is 1. The molecule has 0 aromatic rings. The number of hydrogen-bond acceptors (Lipinski definition) is 4. The maximum atomic E-state index is 11.0. The van der Waals surface area contributed by atoms with Gasteiger partial charge < -0.3 is 5.11 Å². The van der Waals surface area contributed by atoms with Gasteiger partial charge in [0.25, 0.3) is 0 Å². The third-order valence-corrected chi connectivity index (χ3v) is 3.87. The maximum absolute atomic E-state index is 11.0. The standard InChI is InChI=1S/C10H21NO3S/c1-15(13,14)9-7-11-6-2-4-10(11)5-3-8-12/h10,12H,2-9H2,1H3. The van der Waals surface area contributed by atoms with E-state index in [4.69, 9.17) is 5.11 Å². The van der Waals surface area contributed by atoms with Crippen LogP contribution < -0.4 is 0 Å². The van der Waals surface area contributed by atoms with Gasteiger partial charge >= 0.3 is 0 Å². The molecule has 0 radical (unpaired) electrons. The molecule has 15 heavy (non-hydrogen) atoms. The van der Waals surface area contributed by atoms with Crippen LogP contribution in [0.5, 0.6) is 0 Å². The zero-order valence-corrected chi connectivity index (χ0v) is 10.2. The van der Waals surface area contributed by atoms with E-state index >= 15 is 0 Å². The van der Waals surface area contributed by atoms with Crippen LogP contribution in [-0.2, 0) is 9.84 Å². The Kier molecular flexibility index (Phi) is 5.02. The average molecular weight is 235 g/mol. The van der Waals surface area contributed by atoms with Gasteiger partial charge in [0, 0.05) is 25.4 Å². The van der Waals surface area contributed by atoms with E-state index < -0.39 is 9.84 Å². The van der Waals surface area contributed by atoms with Crippen molar-refractivity contribution in [1.82, 2.24) is 4.90 Å². The van der Waals surface area contributed by atoms with E-state index in [0.29, 0.717) is 12.6 Å². The minimum atomic E-state index is -2.85. The predicted octanol–water partition coefficient (Wildman–Crippen LogP) is 0.268. The van der Waals surface area contributed by atoms with E-state index in [0.717, 1.165) is 32.2 Å². The Labute approximate surface area is 92.2 Å². The number of rotatable bonds is 6. The van der Waals surface area contributed by atoms with Gasteiger partial charge in [0.2, 0.25) is 0 Å². The first-order valence-corrected chi connectivity index (χ1v) is 7.61. The summed E-state index contributed by atoms with van der Waals surface area (Å²) in [5, 5.41) is 8.76. The summed E-state index contributed by atoms with van der Waals surface area (Å²) in [5.74, 6) is 0.253. The summed E-state index contributed by atoms with van der Waals surface area (Å²) < 4.78 is 22.1. The molecule has 90 valence electrons. The summed E-state index contributed by atoms with van der Waals surface area (Å²) in [6.45, 7) is 1.89. The van der Waals surface area contributed by atoms with Crippen molar-refractivity contribution >= 4 is 9.84 Å². The fourth-order valence-corrected chi connectivity index (χ4v) is 2.69. The lowest BCUT2D eigenvalue weighted by atomic mass is 10.1. The van der Waals surface area contributed by atoms with Gasteiger partial charge in [0.1, 0.15) is 9.84 Å². The van der Waals surface area contributed by atoms with Crippen LogP contribution in [0.15, 0.2) is 0 Å². The molecule has 0 aromatic heterocycles. The Balaban J connectivity index is 2.33. The Morgan fingerprint density at radius 2 is 2.20 bits per heavy atom. The summed E-state index contributed by atoms with van der Waals surface area (Å²) in [5.41, 5.74) is 0. The zero-order valence-electron chi connectivity index (χ0n) is 9.35. The third-order valence-electron chi connectivity index (χ3n) is 2.94. The van der Waals surface area contributed by atoms with E-state index in [9.17, 15) is 8.42 Å². The Morgan fingerprint density at radius 1 is 1.47 bits per heavy atom. The van der Waals surface area contributed by atoms with Gasteiger partial charge in [0.05, 0.1) is 5.75 Å². The van der Waals surface area contributed by atoms with Gasteiger partial charge in [0.15, 0.2) is 0 Å². The summed E-state index contributed by atoms with van der Waals surface area (Å²) in [6, 6.07) is 0.485. The first kappa shape index (κ1) is 12.9. The van der Waals surface area contributed by atoms with Crippen LogP contribution in [0.25, 0.3) is 0 Å². The highest BCUT2D eigenvalue weighted by atomic mass is 32.2. The smallest absolute Gasteiger partial charge is 0.148 e. The molecule has 1 fully saturated rings. The fourth-order valence-electron chi connectivity index (χ4n) is 2.13. The van der Waals surface area contributed by atoms with Crippen molar-refractivity contribution in [3.05, 3.63) is 0 Å². The second kappa shape index (κ2) is 5.82. The van der Waals surface area contributed by atoms with Crippen LogP contribution in [0, 0.1) is 0 Å². The predicted molar refractivity (Wildman–Crippen MR) is 60.6 cm³/mol. The second-order valence-electron chi connectivity index (χ2n) is 4.33. The molecular weight excluding hydrogens is 214 g/mol. The molecule has 5 heteroatoms. The van der Waals surface area contributed by atoms with Gasteiger partial charge in [-0.3, -0.25) is 4.90 Å². The molecule has 1 aliphatic heterocycles. The van der Waals surface area contributed by atoms with Gasteiger partial charge in [-0.05, 0) is 32.2 Å².